The lowest BCUT2D eigenvalue weighted by atomic mass is 10.1. The standard InChI is InChI=1S/C20H23N7S/c1-12-8-14(11-27-10-13(2)23-18(12)27)16-9-22-17-19(24-16)28-20(25-17)26(3)15-4-6-21-7-5-15/h8-11,15,21H,4-7H2,1-3H3. The van der Waals surface area contributed by atoms with Crippen molar-refractivity contribution >= 4 is 32.6 Å². The highest BCUT2D eigenvalue weighted by molar-refractivity contribution is 7.21. The Morgan fingerprint density at radius 3 is 2.79 bits per heavy atom. The third kappa shape index (κ3) is 3.02. The molecule has 5 rings (SSSR count). The highest BCUT2D eigenvalue weighted by Crippen LogP contribution is 2.30. The summed E-state index contributed by atoms with van der Waals surface area (Å²) in [4.78, 5) is 21.9. The molecule has 5 heterocycles. The average Bonchev–Trinajstić information content (AvgIpc) is 3.30. The molecule has 0 aromatic carbocycles. The Labute approximate surface area is 167 Å². The van der Waals surface area contributed by atoms with Crippen LogP contribution in [0.25, 0.3) is 27.4 Å². The van der Waals surface area contributed by atoms with Crippen molar-refractivity contribution in [3.05, 3.63) is 35.9 Å². The van der Waals surface area contributed by atoms with Crippen LogP contribution in [0.15, 0.2) is 24.7 Å². The predicted octanol–water partition coefficient (Wildman–Crippen LogP) is 3.21. The molecule has 8 heteroatoms. The van der Waals surface area contributed by atoms with Gasteiger partial charge < -0.3 is 14.6 Å². The molecular formula is C20H23N7S. The van der Waals surface area contributed by atoms with Gasteiger partial charge >= 0.3 is 0 Å². The van der Waals surface area contributed by atoms with Crippen molar-refractivity contribution in [3.8, 4) is 11.3 Å². The molecule has 0 bridgehead atoms. The SMILES string of the molecule is Cc1cn2cc(-c3cnc4nc(N(C)C5CCNCC5)sc4n3)cc(C)c2n1. The summed E-state index contributed by atoms with van der Waals surface area (Å²) in [5.74, 6) is 0. The van der Waals surface area contributed by atoms with E-state index in [0.717, 1.165) is 69.7 Å². The molecule has 0 spiro atoms. The minimum Gasteiger partial charge on any atom is -0.348 e. The first-order valence-electron chi connectivity index (χ1n) is 9.62. The van der Waals surface area contributed by atoms with Crippen molar-refractivity contribution in [1.82, 2.24) is 29.7 Å². The van der Waals surface area contributed by atoms with Crippen molar-refractivity contribution in [1.29, 1.82) is 0 Å². The maximum absolute atomic E-state index is 4.87. The number of thiazole rings is 1. The van der Waals surface area contributed by atoms with E-state index in [4.69, 9.17) is 9.97 Å². The zero-order valence-electron chi connectivity index (χ0n) is 16.3. The first kappa shape index (κ1) is 17.5. The lowest BCUT2D eigenvalue weighted by molar-refractivity contribution is 0.443. The molecule has 0 radical (unpaired) electrons. The van der Waals surface area contributed by atoms with E-state index in [2.05, 4.69) is 50.8 Å². The number of nitrogens with zero attached hydrogens (tertiary/aromatic N) is 6. The van der Waals surface area contributed by atoms with E-state index >= 15 is 0 Å². The molecule has 0 atom stereocenters. The Balaban J connectivity index is 1.51. The van der Waals surface area contributed by atoms with Crippen LogP contribution in [0, 0.1) is 13.8 Å². The molecule has 0 unspecified atom stereocenters. The minimum atomic E-state index is 0.524. The van der Waals surface area contributed by atoms with Gasteiger partial charge in [-0.25, -0.2) is 15.0 Å². The molecule has 144 valence electrons. The Bertz CT molecular complexity index is 1160. The van der Waals surface area contributed by atoms with Crippen LogP contribution >= 0.6 is 11.3 Å². The van der Waals surface area contributed by atoms with Crippen molar-refractivity contribution in [2.75, 3.05) is 25.0 Å². The molecule has 1 N–H and O–H groups in total. The summed E-state index contributed by atoms with van der Waals surface area (Å²) >= 11 is 1.62. The number of nitrogens with one attached hydrogen (secondary N) is 1. The lowest BCUT2D eigenvalue weighted by Gasteiger charge is -2.31. The van der Waals surface area contributed by atoms with Crippen molar-refractivity contribution in [3.63, 3.8) is 0 Å². The summed E-state index contributed by atoms with van der Waals surface area (Å²) in [5.41, 5.74) is 5.75. The number of imidazole rings is 1. The predicted molar refractivity (Wildman–Crippen MR) is 113 cm³/mol. The van der Waals surface area contributed by atoms with E-state index in [1.165, 1.54) is 0 Å². The summed E-state index contributed by atoms with van der Waals surface area (Å²) in [6, 6.07) is 2.65. The largest absolute Gasteiger partial charge is 0.348 e. The molecule has 0 amide bonds. The van der Waals surface area contributed by atoms with Gasteiger partial charge in [0.05, 0.1) is 17.6 Å². The minimum absolute atomic E-state index is 0.524. The number of pyridine rings is 1. The van der Waals surface area contributed by atoms with Gasteiger partial charge in [-0.15, -0.1) is 0 Å². The van der Waals surface area contributed by atoms with Gasteiger partial charge in [0.25, 0.3) is 0 Å². The summed E-state index contributed by atoms with van der Waals surface area (Å²) < 4.78 is 2.06. The Kier molecular flexibility index (Phi) is 4.25. The molecule has 7 nitrogen and oxygen atoms in total. The lowest BCUT2D eigenvalue weighted by Crippen LogP contribution is -2.41. The van der Waals surface area contributed by atoms with Gasteiger partial charge in [-0.05, 0) is 51.4 Å². The topological polar surface area (TPSA) is 71.2 Å². The second-order valence-electron chi connectivity index (χ2n) is 7.50. The zero-order valence-corrected chi connectivity index (χ0v) is 17.1. The fourth-order valence-corrected chi connectivity index (χ4v) is 4.81. The Morgan fingerprint density at radius 2 is 1.96 bits per heavy atom. The summed E-state index contributed by atoms with van der Waals surface area (Å²) in [7, 11) is 2.13. The van der Waals surface area contributed by atoms with Crippen LogP contribution in [0.1, 0.15) is 24.1 Å². The first-order chi connectivity index (χ1) is 13.6. The van der Waals surface area contributed by atoms with Crippen LogP contribution in [-0.2, 0) is 0 Å². The van der Waals surface area contributed by atoms with E-state index in [9.17, 15) is 0 Å². The van der Waals surface area contributed by atoms with Crippen LogP contribution in [0.2, 0.25) is 0 Å². The molecule has 0 aliphatic carbocycles. The molecule has 1 aliphatic rings. The molecule has 4 aromatic rings. The van der Waals surface area contributed by atoms with E-state index in [0.29, 0.717) is 6.04 Å². The normalized spacial score (nSPS) is 15.5. The molecule has 1 aliphatic heterocycles. The van der Waals surface area contributed by atoms with Gasteiger partial charge in [0.15, 0.2) is 15.6 Å². The maximum Gasteiger partial charge on any atom is 0.191 e. The van der Waals surface area contributed by atoms with E-state index in [-0.39, 0.29) is 0 Å². The number of aromatic nitrogens is 5. The van der Waals surface area contributed by atoms with E-state index < -0.39 is 0 Å². The number of piperidine rings is 1. The molecule has 28 heavy (non-hydrogen) atoms. The fraction of sp³-hybridized carbons (Fsp3) is 0.400. The van der Waals surface area contributed by atoms with Gasteiger partial charge in [0.2, 0.25) is 0 Å². The second-order valence-corrected chi connectivity index (χ2v) is 8.45. The highest BCUT2D eigenvalue weighted by atomic mass is 32.1. The van der Waals surface area contributed by atoms with Gasteiger partial charge in [-0.3, -0.25) is 0 Å². The zero-order chi connectivity index (χ0) is 19.3. The van der Waals surface area contributed by atoms with E-state index in [1.54, 1.807) is 11.3 Å². The number of aryl methyl sites for hydroxylation is 2. The molecule has 0 saturated carbocycles. The van der Waals surface area contributed by atoms with Gasteiger partial charge in [-0.1, -0.05) is 11.3 Å². The molecule has 1 fully saturated rings. The quantitative estimate of drug-likeness (QED) is 0.576. The number of hydrogen-bond acceptors (Lipinski definition) is 7. The van der Waals surface area contributed by atoms with Crippen molar-refractivity contribution < 1.29 is 0 Å². The molecule has 1 saturated heterocycles. The molecular weight excluding hydrogens is 370 g/mol. The second kappa shape index (κ2) is 6.79. The smallest absolute Gasteiger partial charge is 0.191 e. The number of rotatable bonds is 3. The third-order valence-corrected chi connectivity index (χ3v) is 6.45. The van der Waals surface area contributed by atoms with E-state index in [1.807, 2.05) is 19.3 Å². The van der Waals surface area contributed by atoms with Crippen LogP contribution in [0.4, 0.5) is 5.13 Å². The monoisotopic (exact) mass is 393 g/mol. The fourth-order valence-electron chi connectivity index (χ4n) is 3.88. The summed E-state index contributed by atoms with van der Waals surface area (Å²) in [6.45, 7) is 6.22. The van der Waals surface area contributed by atoms with Crippen LogP contribution in [0.5, 0.6) is 0 Å². The van der Waals surface area contributed by atoms with Gasteiger partial charge in [-0.2, -0.15) is 4.98 Å². The molecule has 4 aromatic heterocycles. The Hall–Kier alpha value is -2.58. The number of anilines is 1. The van der Waals surface area contributed by atoms with Crippen LogP contribution < -0.4 is 10.2 Å². The maximum atomic E-state index is 4.87. The van der Waals surface area contributed by atoms with Gasteiger partial charge in [0, 0.05) is 31.0 Å². The summed E-state index contributed by atoms with van der Waals surface area (Å²) in [6.07, 6.45) is 8.21. The van der Waals surface area contributed by atoms with Crippen LogP contribution in [-0.4, -0.2) is 50.5 Å². The van der Waals surface area contributed by atoms with Crippen LogP contribution in [0.3, 0.4) is 0 Å². The van der Waals surface area contributed by atoms with Crippen molar-refractivity contribution in [2.24, 2.45) is 0 Å². The number of hydrogen-bond donors (Lipinski definition) is 1. The highest BCUT2D eigenvalue weighted by Gasteiger charge is 2.21. The van der Waals surface area contributed by atoms with Gasteiger partial charge in [0.1, 0.15) is 5.65 Å². The van der Waals surface area contributed by atoms with Crippen molar-refractivity contribution in [2.45, 2.75) is 32.7 Å². The first-order valence-corrected chi connectivity index (χ1v) is 10.4. The summed E-state index contributed by atoms with van der Waals surface area (Å²) in [5, 5.41) is 4.41. The average molecular weight is 394 g/mol. The third-order valence-electron chi connectivity index (χ3n) is 5.42. The Morgan fingerprint density at radius 1 is 1.14 bits per heavy atom. The number of fused-ring (bicyclic) bond motifs is 2.